The molecule has 78 heavy (non-hydrogen) atoms. The number of anilines is 3. The Morgan fingerprint density at radius 1 is 0.269 bits per heavy atom. The van der Waals surface area contributed by atoms with Gasteiger partial charge in [-0.1, -0.05) is 200 Å². The Hall–Kier alpha value is -10.2. The lowest BCUT2D eigenvalue weighted by molar-refractivity contribution is 0.436. The van der Waals surface area contributed by atoms with Crippen molar-refractivity contribution < 1.29 is 13.9 Å². The Morgan fingerprint density at radius 2 is 0.679 bits per heavy atom. The molecule has 0 N–H and O–H groups in total. The standard InChI is InChI=1S/C74H45NO3/c1-4-21-56-53(18-1)71-51(20-15-27-62(71)73(56)58-23-6-11-31-67(58)77-68-32-12-7-24-59(68)73)47-37-42-50(43-38-47)75(49-40-35-46(36-41-49)48-39-44-66-55(45-48)52-17-3-10-30-65(52)76-66)64-29-16-28-63-72(64)54-19-2-5-22-57(54)74(63)60-25-8-13-33-69(60)78-70-34-14-9-26-61(70)74/h1-45H. The zero-order chi connectivity index (χ0) is 51.1. The van der Waals surface area contributed by atoms with Crippen LogP contribution in [-0.2, 0) is 10.8 Å². The first-order chi connectivity index (χ1) is 38.7. The van der Waals surface area contributed by atoms with E-state index >= 15 is 0 Å². The Bertz CT molecular complexity index is 4550. The van der Waals surface area contributed by atoms with E-state index < -0.39 is 10.8 Å². The molecule has 1 aromatic heterocycles. The van der Waals surface area contributed by atoms with E-state index in [-0.39, 0.29) is 0 Å². The number of fused-ring (bicyclic) bond motifs is 21. The van der Waals surface area contributed by atoms with Gasteiger partial charge in [0.25, 0.3) is 0 Å². The number of furan rings is 1. The van der Waals surface area contributed by atoms with E-state index in [0.29, 0.717) is 0 Å². The van der Waals surface area contributed by atoms with Crippen LogP contribution in [0.15, 0.2) is 277 Å². The molecule has 2 spiro atoms. The van der Waals surface area contributed by atoms with Gasteiger partial charge in [0.2, 0.25) is 0 Å². The second-order valence-electron chi connectivity index (χ2n) is 20.9. The molecule has 4 aliphatic rings. The molecule has 4 heteroatoms. The van der Waals surface area contributed by atoms with Crippen molar-refractivity contribution >= 4 is 39.0 Å². The molecule has 3 heterocycles. The normalized spacial score (nSPS) is 14.1. The van der Waals surface area contributed by atoms with E-state index in [4.69, 9.17) is 13.9 Å². The van der Waals surface area contributed by atoms with Crippen molar-refractivity contribution in [3.63, 3.8) is 0 Å². The van der Waals surface area contributed by atoms with Crippen LogP contribution >= 0.6 is 0 Å². The fourth-order valence-corrected chi connectivity index (χ4v) is 14.1. The van der Waals surface area contributed by atoms with Gasteiger partial charge >= 0.3 is 0 Å². The second-order valence-corrected chi connectivity index (χ2v) is 20.9. The fraction of sp³-hybridized carbons (Fsp3) is 0.0270. The quantitative estimate of drug-likeness (QED) is 0.172. The molecule has 0 amide bonds. The molecular formula is C74H45NO3. The lowest BCUT2D eigenvalue weighted by Gasteiger charge is -2.39. The molecule has 0 unspecified atom stereocenters. The molecular weight excluding hydrogens is 951 g/mol. The van der Waals surface area contributed by atoms with Crippen molar-refractivity contribution in [3.05, 3.63) is 317 Å². The molecule has 17 rings (SSSR count). The third-order valence-electron chi connectivity index (χ3n) is 17.2. The van der Waals surface area contributed by atoms with Gasteiger partial charge in [0.15, 0.2) is 0 Å². The van der Waals surface area contributed by atoms with Gasteiger partial charge in [-0.25, -0.2) is 0 Å². The Balaban J connectivity index is 0.860. The maximum Gasteiger partial charge on any atom is 0.135 e. The number of hydrogen-bond donors (Lipinski definition) is 0. The lowest BCUT2D eigenvalue weighted by Crippen LogP contribution is -2.32. The molecule has 2 aliphatic carbocycles. The van der Waals surface area contributed by atoms with Crippen molar-refractivity contribution in [2.24, 2.45) is 0 Å². The lowest BCUT2D eigenvalue weighted by atomic mass is 9.66. The highest BCUT2D eigenvalue weighted by molar-refractivity contribution is 6.06. The van der Waals surface area contributed by atoms with Crippen LogP contribution in [0.2, 0.25) is 0 Å². The van der Waals surface area contributed by atoms with Gasteiger partial charge in [-0.15, -0.1) is 0 Å². The van der Waals surface area contributed by atoms with E-state index in [1.165, 1.54) is 50.1 Å². The maximum absolute atomic E-state index is 6.74. The van der Waals surface area contributed by atoms with Crippen LogP contribution < -0.4 is 14.4 Å². The molecule has 0 atom stereocenters. The van der Waals surface area contributed by atoms with Gasteiger partial charge in [0.1, 0.15) is 34.2 Å². The summed E-state index contributed by atoms with van der Waals surface area (Å²) >= 11 is 0. The summed E-state index contributed by atoms with van der Waals surface area (Å²) in [4.78, 5) is 2.46. The highest BCUT2D eigenvalue weighted by atomic mass is 16.5. The summed E-state index contributed by atoms with van der Waals surface area (Å²) in [6.07, 6.45) is 0. The first-order valence-electron chi connectivity index (χ1n) is 26.8. The predicted octanol–water partition coefficient (Wildman–Crippen LogP) is 19.3. The van der Waals surface area contributed by atoms with Gasteiger partial charge < -0.3 is 18.8 Å². The number of para-hydroxylation sites is 5. The van der Waals surface area contributed by atoms with Crippen molar-refractivity contribution in [1.82, 2.24) is 0 Å². The van der Waals surface area contributed by atoms with Crippen LogP contribution in [0.1, 0.15) is 44.5 Å². The van der Waals surface area contributed by atoms with Crippen LogP contribution in [0.25, 0.3) is 66.4 Å². The number of ether oxygens (including phenoxy) is 2. The average Bonchev–Trinajstić information content (AvgIpc) is 3.26. The predicted molar refractivity (Wildman–Crippen MR) is 314 cm³/mol. The summed E-state index contributed by atoms with van der Waals surface area (Å²) in [5.74, 6) is 3.53. The van der Waals surface area contributed by atoms with Gasteiger partial charge in [0, 0.05) is 50.0 Å². The van der Waals surface area contributed by atoms with Gasteiger partial charge in [-0.3, -0.25) is 0 Å². The molecule has 12 aromatic carbocycles. The number of benzene rings is 12. The molecule has 4 nitrogen and oxygen atoms in total. The van der Waals surface area contributed by atoms with E-state index in [1.54, 1.807) is 0 Å². The molecule has 0 bridgehead atoms. The molecule has 364 valence electrons. The first kappa shape index (κ1) is 43.1. The first-order valence-corrected chi connectivity index (χ1v) is 26.8. The minimum absolute atomic E-state index is 0.554. The van der Waals surface area contributed by atoms with Gasteiger partial charge in [-0.05, 0) is 134 Å². The number of rotatable bonds is 5. The largest absolute Gasteiger partial charge is 0.457 e. The molecule has 0 radical (unpaired) electrons. The van der Waals surface area contributed by atoms with Crippen molar-refractivity contribution in [3.8, 4) is 67.5 Å². The summed E-state index contributed by atoms with van der Waals surface area (Å²) in [5.41, 5.74) is 22.9. The third kappa shape index (κ3) is 5.73. The zero-order valence-electron chi connectivity index (χ0n) is 42.2. The van der Waals surface area contributed by atoms with Crippen molar-refractivity contribution in [2.45, 2.75) is 10.8 Å². The monoisotopic (exact) mass is 995 g/mol. The van der Waals surface area contributed by atoms with Crippen LogP contribution in [-0.4, -0.2) is 0 Å². The summed E-state index contributed by atoms with van der Waals surface area (Å²) in [5, 5.41) is 2.23. The smallest absolute Gasteiger partial charge is 0.135 e. The maximum atomic E-state index is 6.74. The summed E-state index contributed by atoms with van der Waals surface area (Å²) < 4.78 is 19.6. The topological polar surface area (TPSA) is 34.8 Å². The van der Waals surface area contributed by atoms with Crippen LogP contribution in [0, 0.1) is 0 Å². The molecule has 2 aliphatic heterocycles. The highest BCUT2D eigenvalue weighted by Gasteiger charge is 2.53. The van der Waals surface area contributed by atoms with E-state index in [0.717, 1.165) is 101 Å². The number of nitrogens with zero attached hydrogens (tertiary/aromatic N) is 1. The molecule has 0 saturated carbocycles. The third-order valence-corrected chi connectivity index (χ3v) is 17.2. The highest BCUT2D eigenvalue weighted by Crippen LogP contribution is 2.66. The zero-order valence-corrected chi connectivity index (χ0v) is 42.2. The second kappa shape index (κ2) is 16.2. The van der Waals surface area contributed by atoms with Crippen LogP contribution in [0.3, 0.4) is 0 Å². The van der Waals surface area contributed by atoms with E-state index in [2.05, 4.69) is 266 Å². The fourth-order valence-electron chi connectivity index (χ4n) is 14.1. The van der Waals surface area contributed by atoms with Crippen LogP contribution in [0.5, 0.6) is 23.0 Å². The van der Waals surface area contributed by atoms with Crippen molar-refractivity contribution in [2.75, 3.05) is 4.90 Å². The molecule has 13 aromatic rings. The summed E-state index contributed by atoms with van der Waals surface area (Å²) in [7, 11) is 0. The van der Waals surface area contributed by atoms with Gasteiger partial charge in [-0.2, -0.15) is 0 Å². The van der Waals surface area contributed by atoms with Crippen molar-refractivity contribution in [1.29, 1.82) is 0 Å². The van der Waals surface area contributed by atoms with Gasteiger partial charge in [0.05, 0.1) is 16.5 Å². The Morgan fingerprint density at radius 3 is 1.26 bits per heavy atom. The minimum atomic E-state index is -0.616. The SMILES string of the molecule is c1ccc2c(c1)Oc1ccccc1C21c2ccccc2-c2c(-c3ccc(N(c4ccc(-c5ccc6oc7ccccc7c6c5)cc4)c4cccc5c4-c4ccccc4C54c5ccccc5Oc5ccccc54)cc3)cccc21. The van der Waals surface area contributed by atoms with E-state index in [1.807, 2.05) is 12.1 Å². The Kier molecular flexibility index (Phi) is 8.94. The van der Waals surface area contributed by atoms with Crippen LogP contribution in [0.4, 0.5) is 17.1 Å². The average molecular weight is 996 g/mol. The Labute approximate surface area is 451 Å². The summed E-state index contributed by atoms with van der Waals surface area (Å²) in [6.45, 7) is 0. The molecule has 0 fully saturated rings. The number of hydrogen-bond acceptors (Lipinski definition) is 4. The minimum Gasteiger partial charge on any atom is -0.457 e. The van der Waals surface area contributed by atoms with E-state index in [9.17, 15) is 0 Å². The molecule has 0 saturated heterocycles. The summed E-state index contributed by atoms with van der Waals surface area (Å²) in [6, 6.07) is 99.2.